The Labute approximate surface area is 103 Å². The summed E-state index contributed by atoms with van der Waals surface area (Å²) in [5.74, 6) is 6.30. The van der Waals surface area contributed by atoms with Gasteiger partial charge in [-0.3, -0.25) is 0 Å². The fourth-order valence-corrected chi connectivity index (χ4v) is 2.19. The van der Waals surface area contributed by atoms with E-state index >= 15 is 0 Å². The summed E-state index contributed by atoms with van der Waals surface area (Å²) in [6.45, 7) is 2.10. The zero-order valence-corrected chi connectivity index (χ0v) is 10.7. The Morgan fingerprint density at radius 1 is 1.69 bits per heavy atom. The van der Waals surface area contributed by atoms with Gasteiger partial charge in [0.05, 0.1) is 7.11 Å². The van der Waals surface area contributed by atoms with Gasteiger partial charge in [0.1, 0.15) is 5.16 Å². The van der Waals surface area contributed by atoms with Crippen molar-refractivity contribution in [3.05, 3.63) is 10.9 Å². The molecule has 0 spiro atoms. The SMILES string of the molecule is CCCSC1N=C(OC)C(N=NN)=C(Cl)N1. The molecule has 1 heterocycles. The maximum Gasteiger partial charge on any atom is 0.243 e. The van der Waals surface area contributed by atoms with Crippen LogP contribution in [0.25, 0.3) is 0 Å². The summed E-state index contributed by atoms with van der Waals surface area (Å²) >= 11 is 7.63. The Morgan fingerprint density at radius 3 is 3.00 bits per heavy atom. The van der Waals surface area contributed by atoms with Crippen LogP contribution in [0.2, 0.25) is 0 Å². The highest BCUT2D eigenvalue weighted by atomic mass is 35.5. The molecule has 0 saturated heterocycles. The van der Waals surface area contributed by atoms with E-state index in [9.17, 15) is 0 Å². The molecule has 0 amide bonds. The number of hydrogen-bond acceptors (Lipinski definition) is 6. The minimum absolute atomic E-state index is 0.154. The molecule has 1 atom stereocenters. The number of nitrogens with zero attached hydrogens (tertiary/aromatic N) is 3. The third kappa shape index (κ3) is 3.28. The van der Waals surface area contributed by atoms with E-state index in [1.54, 1.807) is 11.8 Å². The number of hydrogen-bond donors (Lipinski definition) is 2. The van der Waals surface area contributed by atoms with Crippen LogP contribution in [0.4, 0.5) is 0 Å². The first kappa shape index (κ1) is 13.1. The second kappa shape index (κ2) is 6.59. The number of methoxy groups -OCH3 is 1. The quantitative estimate of drug-likeness (QED) is 0.351. The summed E-state index contributed by atoms with van der Waals surface area (Å²) in [6.07, 6.45) is 1.07. The first-order chi connectivity index (χ1) is 7.72. The Bertz CT molecular complexity index is 330. The zero-order valence-electron chi connectivity index (χ0n) is 9.11. The Morgan fingerprint density at radius 2 is 2.44 bits per heavy atom. The summed E-state index contributed by atoms with van der Waals surface area (Å²) < 4.78 is 5.08. The Kier molecular flexibility index (Phi) is 5.41. The van der Waals surface area contributed by atoms with Gasteiger partial charge in [-0.05, 0) is 12.2 Å². The molecule has 0 aromatic heterocycles. The van der Waals surface area contributed by atoms with E-state index in [2.05, 4.69) is 27.6 Å². The number of nitrogens with two attached hydrogens (primary N) is 1. The van der Waals surface area contributed by atoms with Crippen molar-refractivity contribution >= 4 is 29.3 Å². The molecule has 3 N–H and O–H groups in total. The third-order valence-electron chi connectivity index (χ3n) is 1.73. The largest absolute Gasteiger partial charge is 0.480 e. The summed E-state index contributed by atoms with van der Waals surface area (Å²) in [6, 6.07) is 0. The maximum atomic E-state index is 5.99. The molecule has 16 heavy (non-hydrogen) atoms. The van der Waals surface area contributed by atoms with Crippen LogP contribution in [0.15, 0.2) is 26.2 Å². The minimum Gasteiger partial charge on any atom is -0.480 e. The zero-order chi connectivity index (χ0) is 12.0. The van der Waals surface area contributed by atoms with Crippen molar-refractivity contribution in [3.8, 4) is 0 Å². The van der Waals surface area contributed by atoms with Gasteiger partial charge in [-0.2, -0.15) is 0 Å². The number of thioether (sulfide) groups is 1. The number of rotatable bonds is 4. The average Bonchev–Trinajstić information content (AvgIpc) is 2.29. The molecule has 0 aliphatic carbocycles. The Balaban J connectivity index is 2.80. The minimum atomic E-state index is -0.154. The van der Waals surface area contributed by atoms with Crippen molar-refractivity contribution in [2.45, 2.75) is 18.8 Å². The smallest absolute Gasteiger partial charge is 0.243 e. The van der Waals surface area contributed by atoms with Crippen molar-refractivity contribution < 1.29 is 4.74 Å². The van der Waals surface area contributed by atoms with E-state index in [4.69, 9.17) is 22.2 Å². The molecule has 0 aromatic rings. The first-order valence-corrected chi connectivity index (χ1v) is 6.16. The van der Waals surface area contributed by atoms with Gasteiger partial charge < -0.3 is 15.9 Å². The fourth-order valence-electron chi connectivity index (χ4n) is 1.07. The molecule has 0 fully saturated rings. The molecule has 0 aromatic carbocycles. The lowest BCUT2D eigenvalue weighted by Gasteiger charge is -2.21. The van der Waals surface area contributed by atoms with Crippen molar-refractivity contribution in [1.82, 2.24) is 5.32 Å². The summed E-state index contributed by atoms with van der Waals surface area (Å²) in [5.41, 5.74) is 0.166. The van der Waals surface area contributed by atoms with Gasteiger partial charge in [-0.1, -0.05) is 23.7 Å². The second-order valence-corrected chi connectivity index (χ2v) is 4.45. The molecule has 8 heteroatoms. The van der Waals surface area contributed by atoms with Gasteiger partial charge in [0, 0.05) is 0 Å². The molecule has 1 unspecified atom stereocenters. The number of ether oxygens (including phenoxy) is 1. The molecular weight excluding hydrogens is 250 g/mol. The van der Waals surface area contributed by atoms with E-state index in [0.717, 1.165) is 12.2 Å². The summed E-state index contributed by atoms with van der Waals surface area (Å²) in [5, 5.41) is 10.1. The van der Waals surface area contributed by atoms with Crippen LogP contribution in [-0.4, -0.2) is 24.3 Å². The fraction of sp³-hybridized carbons (Fsp3) is 0.625. The summed E-state index contributed by atoms with van der Waals surface area (Å²) in [7, 11) is 1.50. The number of aliphatic imine (C=N–C) groups is 1. The summed E-state index contributed by atoms with van der Waals surface area (Å²) in [4.78, 5) is 4.28. The molecule has 6 nitrogen and oxygen atoms in total. The van der Waals surface area contributed by atoms with Gasteiger partial charge in [0.15, 0.2) is 11.2 Å². The molecule has 0 bridgehead atoms. The van der Waals surface area contributed by atoms with Crippen molar-refractivity contribution in [2.24, 2.45) is 21.2 Å². The highest BCUT2D eigenvalue weighted by Crippen LogP contribution is 2.23. The lowest BCUT2D eigenvalue weighted by Crippen LogP contribution is -2.30. The standard InChI is InChI=1S/C8H14ClN5OS/c1-3-4-16-8-11-6(9)5(13-14-10)7(12-8)15-2/h8,11H,3-4H2,1-2H3,(H2,10,13). The average molecular weight is 264 g/mol. The molecule has 90 valence electrons. The van der Waals surface area contributed by atoms with E-state index in [1.165, 1.54) is 7.11 Å². The number of nitrogens with one attached hydrogen (secondary N) is 1. The van der Waals surface area contributed by atoms with Crippen LogP contribution in [0, 0.1) is 0 Å². The second-order valence-electron chi connectivity index (χ2n) is 2.88. The van der Waals surface area contributed by atoms with E-state index < -0.39 is 0 Å². The monoisotopic (exact) mass is 263 g/mol. The van der Waals surface area contributed by atoms with Gasteiger partial charge >= 0.3 is 0 Å². The Hall–Kier alpha value is -0.950. The lowest BCUT2D eigenvalue weighted by atomic mass is 10.4. The van der Waals surface area contributed by atoms with E-state index in [0.29, 0.717) is 16.8 Å². The highest BCUT2D eigenvalue weighted by Gasteiger charge is 2.23. The van der Waals surface area contributed by atoms with E-state index in [1.807, 2.05) is 0 Å². The van der Waals surface area contributed by atoms with Gasteiger partial charge in [0.2, 0.25) is 5.90 Å². The normalized spacial score (nSPS) is 20.9. The van der Waals surface area contributed by atoms with Gasteiger partial charge in [-0.25, -0.2) is 4.99 Å². The van der Waals surface area contributed by atoms with Crippen molar-refractivity contribution in [1.29, 1.82) is 0 Å². The predicted molar refractivity (Wildman–Crippen MR) is 66.0 cm³/mol. The predicted octanol–water partition coefficient (Wildman–Crippen LogP) is 1.80. The van der Waals surface area contributed by atoms with Crippen LogP contribution < -0.4 is 11.2 Å². The van der Waals surface area contributed by atoms with Gasteiger partial charge in [0.25, 0.3) is 0 Å². The van der Waals surface area contributed by atoms with Crippen LogP contribution in [0.5, 0.6) is 0 Å². The third-order valence-corrected chi connectivity index (χ3v) is 3.20. The van der Waals surface area contributed by atoms with Crippen LogP contribution >= 0.6 is 23.4 Å². The van der Waals surface area contributed by atoms with E-state index in [-0.39, 0.29) is 5.50 Å². The topological polar surface area (TPSA) is 84.4 Å². The molecule has 0 radical (unpaired) electrons. The van der Waals surface area contributed by atoms with Crippen molar-refractivity contribution in [2.75, 3.05) is 12.9 Å². The molecule has 1 aliphatic heterocycles. The lowest BCUT2D eigenvalue weighted by molar-refractivity contribution is 0.395. The molecule has 1 rings (SSSR count). The van der Waals surface area contributed by atoms with Gasteiger partial charge in [-0.15, -0.1) is 16.9 Å². The van der Waals surface area contributed by atoms with Crippen molar-refractivity contribution in [3.63, 3.8) is 0 Å². The molecular formula is C8H14ClN5OS. The number of halogens is 1. The molecule has 1 aliphatic rings. The first-order valence-electron chi connectivity index (χ1n) is 4.74. The maximum absolute atomic E-state index is 5.99. The highest BCUT2D eigenvalue weighted by molar-refractivity contribution is 7.99. The van der Waals surface area contributed by atoms with Crippen LogP contribution in [-0.2, 0) is 4.74 Å². The van der Waals surface area contributed by atoms with Crippen LogP contribution in [0.3, 0.4) is 0 Å². The van der Waals surface area contributed by atoms with Crippen LogP contribution in [0.1, 0.15) is 13.3 Å². The molecule has 0 saturated carbocycles.